The van der Waals surface area contributed by atoms with Gasteiger partial charge in [0.1, 0.15) is 11.7 Å². The zero-order valence-corrected chi connectivity index (χ0v) is 20.8. The molecule has 35 heavy (non-hydrogen) atoms. The molecule has 3 aromatic carbocycles. The number of para-hydroxylation sites is 1. The molecule has 0 saturated carbocycles. The largest absolute Gasteiger partial charge is 0.339 e. The Kier molecular flexibility index (Phi) is 8.94. The van der Waals surface area contributed by atoms with Crippen LogP contribution < -0.4 is 16.0 Å². The summed E-state index contributed by atoms with van der Waals surface area (Å²) in [5.74, 6) is -0.822. The van der Waals surface area contributed by atoms with Gasteiger partial charge in [-0.05, 0) is 54.7 Å². The lowest BCUT2D eigenvalue weighted by molar-refractivity contribution is -0.385. The number of azo groups is 1. The fourth-order valence-electron chi connectivity index (χ4n) is 2.75. The molecule has 0 bridgehead atoms. The predicted octanol–water partition coefficient (Wildman–Crippen LogP) is 6.42. The molecule has 0 aromatic heterocycles. The summed E-state index contributed by atoms with van der Waals surface area (Å²) in [4.78, 5) is 23.2. The van der Waals surface area contributed by atoms with Crippen LogP contribution in [0.3, 0.4) is 0 Å². The maximum atomic E-state index is 12.7. The molecule has 0 aliphatic rings. The number of thiocarbonyl (C=S) groups is 1. The summed E-state index contributed by atoms with van der Waals surface area (Å²) in [6.07, 6.45) is -1.31. The molecule has 0 aliphatic carbocycles. The van der Waals surface area contributed by atoms with Crippen LogP contribution in [0.15, 0.2) is 89.1 Å². The average Bonchev–Trinajstić information content (AvgIpc) is 2.83. The summed E-state index contributed by atoms with van der Waals surface area (Å²) < 4.78 is -2.04. The lowest BCUT2D eigenvalue weighted by Gasteiger charge is -2.27. The molecule has 3 aromatic rings. The minimum absolute atomic E-state index is 0.0304. The minimum atomic E-state index is -2.04. The molecule has 0 spiro atoms. The first-order valence-corrected chi connectivity index (χ1v) is 11.4. The van der Waals surface area contributed by atoms with Crippen molar-refractivity contribution in [2.24, 2.45) is 10.2 Å². The Bertz CT molecular complexity index is 1240. The maximum absolute atomic E-state index is 12.7. The molecule has 3 N–H and O–H groups in total. The summed E-state index contributed by atoms with van der Waals surface area (Å²) in [6, 6.07) is 21.6. The van der Waals surface area contributed by atoms with Crippen molar-refractivity contribution in [2.45, 2.75) is 9.96 Å². The molecule has 1 amide bonds. The van der Waals surface area contributed by atoms with Gasteiger partial charge < -0.3 is 16.0 Å². The molecular formula is C22H17Cl3N6O3S. The third-order valence-electron chi connectivity index (χ3n) is 4.39. The molecule has 13 heteroatoms. The Hall–Kier alpha value is -3.31. The van der Waals surface area contributed by atoms with E-state index in [4.69, 9.17) is 47.0 Å². The van der Waals surface area contributed by atoms with Gasteiger partial charge >= 0.3 is 0 Å². The van der Waals surface area contributed by atoms with E-state index in [1.165, 1.54) is 24.3 Å². The Labute approximate surface area is 220 Å². The summed E-state index contributed by atoms with van der Waals surface area (Å²) in [6.45, 7) is 0. The first-order valence-electron chi connectivity index (χ1n) is 9.89. The number of nitrogens with one attached hydrogen (secondary N) is 3. The van der Waals surface area contributed by atoms with E-state index < -0.39 is 26.5 Å². The van der Waals surface area contributed by atoms with Crippen LogP contribution in [0.25, 0.3) is 0 Å². The molecule has 180 valence electrons. The molecule has 9 nitrogen and oxygen atoms in total. The van der Waals surface area contributed by atoms with Crippen molar-refractivity contribution in [2.75, 3.05) is 5.32 Å². The Balaban J connectivity index is 1.64. The Morgan fingerprint density at radius 2 is 1.46 bits per heavy atom. The van der Waals surface area contributed by atoms with Gasteiger partial charge in [-0.25, -0.2) is 0 Å². The minimum Gasteiger partial charge on any atom is -0.339 e. The van der Waals surface area contributed by atoms with Crippen molar-refractivity contribution in [3.63, 3.8) is 0 Å². The molecule has 0 radical (unpaired) electrons. The van der Waals surface area contributed by atoms with Crippen molar-refractivity contribution in [3.05, 3.63) is 94.5 Å². The number of benzene rings is 3. The van der Waals surface area contributed by atoms with E-state index in [-0.39, 0.29) is 10.7 Å². The molecule has 0 unspecified atom stereocenters. The lowest BCUT2D eigenvalue weighted by Crippen LogP contribution is -2.56. The number of nitro groups is 1. The smallest absolute Gasteiger partial charge is 0.282 e. The second kappa shape index (κ2) is 11.9. The van der Waals surface area contributed by atoms with Crippen molar-refractivity contribution < 1.29 is 9.72 Å². The van der Waals surface area contributed by atoms with Crippen molar-refractivity contribution >= 4 is 80.8 Å². The van der Waals surface area contributed by atoms with E-state index in [2.05, 4.69) is 26.2 Å². The normalized spacial score (nSPS) is 12.1. The number of rotatable bonds is 7. The molecule has 0 fully saturated rings. The highest BCUT2D eigenvalue weighted by Crippen LogP contribution is 2.30. The number of nitrogens with zero attached hydrogens (tertiary/aromatic N) is 3. The first-order chi connectivity index (χ1) is 16.6. The second-order valence-corrected chi connectivity index (χ2v) is 9.68. The second-order valence-electron chi connectivity index (χ2n) is 6.90. The molecule has 0 heterocycles. The number of carbonyl (C=O) groups excluding carboxylic acids is 1. The number of halogens is 3. The van der Waals surface area contributed by atoms with Crippen LogP contribution in [0.4, 0.5) is 22.7 Å². The Morgan fingerprint density at radius 3 is 2.06 bits per heavy atom. The van der Waals surface area contributed by atoms with Crippen LogP contribution in [0.1, 0.15) is 10.4 Å². The summed E-state index contributed by atoms with van der Waals surface area (Å²) in [7, 11) is 0. The van der Waals surface area contributed by atoms with E-state index in [1.807, 2.05) is 30.3 Å². The number of amides is 1. The summed E-state index contributed by atoms with van der Waals surface area (Å²) >= 11 is 23.3. The van der Waals surface area contributed by atoms with Crippen molar-refractivity contribution in [3.8, 4) is 0 Å². The number of hydrogen-bond acceptors (Lipinski definition) is 6. The van der Waals surface area contributed by atoms with Crippen LogP contribution >= 0.6 is 47.0 Å². The standard InChI is InChI=1S/C22H17Cl3N6O3S/c23-22(24,25)20(27-19(32)17-8-4-5-9-18(17)31(33)34)28-21(35)26-14-10-12-16(13-11-14)30-29-15-6-2-1-3-7-15/h1-13,20H,(H,27,32)(H2,26,28,35)/t20-/m0/s1. The van der Waals surface area contributed by atoms with E-state index >= 15 is 0 Å². The van der Waals surface area contributed by atoms with Gasteiger partial charge in [0, 0.05) is 11.8 Å². The number of hydrogen-bond donors (Lipinski definition) is 3. The lowest BCUT2D eigenvalue weighted by atomic mass is 10.1. The highest BCUT2D eigenvalue weighted by molar-refractivity contribution is 7.80. The van der Waals surface area contributed by atoms with Crippen molar-refractivity contribution in [1.82, 2.24) is 10.6 Å². The maximum Gasteiger partial charge on any atom is 0.282 e. The quantitative estimate of drug-likeness (QED) is 0.0778. The third-order valence-corrected chi connectivity index (χ3v) is 5.26. The zero-order valence-electron chi connectivity index (χ0n) is 17.7. The number of nitro benzene ring substituents is 1. The first kappa shape index (κ1) is 26.3. The van der Waals surface area contributed by atoms with E-state index in [9.17, 15) is 14.9 Å². The van der Waals surface area contributed by atoms with Gasteiger partial charge in [0.15, 0.2) is 5.11 Å². The van der Waals surface area contributed by atoms with Gasteiger partial charge in [0.2, 0.25) is 3.79 Å². The van der Waals surface area contributed by atoms with Gasteiger partial charge in [-0.1, -0.05) is 65.1 Å². The van der Waals surface area contributed by atoms with Crippen LogP contribution in [-0.4, -0.2) is 25.9 Å². The number of carbonyl (C=O) groups is 1. The molecule has 0 saturated heterocycles. The highest BCUT2D eigenvalue weighted by atomic mass is 35.6. The van der Waals surface area contributed by atoms with Gasteiger partial charge in [-0.3, -0.25) is 14.9 Å². The number of alkyl halides is 3. The van der Waals surface area contributed by atoms with Crippen LogP contribution in [0.2, 0.25) is 0 Å². The number of anilines is 1. The molecule has 1 atom stereocenters. The molecule has 3 rings (SSSR count). The van der Waals surface area contributed by atoms with Crippen LogP contribution in [-0.2, 0) is 0 Å². The SMILES string of the molecule is O=C(N[C@@H](NC(=S)Nc1ccc(N=Nc2ccccc2)cc1)C(Cl)(Cl)Cl)c1ccccc1[N+](=O)[O-]. The summed E-state index contributed by atoms with van der Waals surface area (Å²) in [5, 5.41) is 27.6. The van der Waals surface area contributed by atoms with E-state index in [1.54, 1.807) is 24.3 Å². The average molecular weight is 552 g/mol. The fourth-order valence-corrected chi connectivity index (χ4v) is 3.32. The fraction of sp³-hybridized carbons (Fsp3) is 0.0909. The van der Waals surface area contributed by atoms with Crippen LogP contribution in [0.5, 0.6) is 0 Å². The van der Waals surface area contributed by atoms with Gasteiger partial charge in [-0.15, -0.1) is 0 Å². The van der Waals surface area contributed by atoms with Crippen molar-refractivity contribution in [1.29, 1.82) is 0 Å². The Morgan fingerprint density at radius 1 is 0.886 bits per heavy atom. The van der Waals surface area contributed by atoms with E-state index in [0.717, 1.165) is 5.69 Å². The molecular weight excluding hydrogens is 535 g/mol. The predicted molar refractivity (Wildman–Crippen MR) is 141 cm³/mol. The van der Waals surface area contributed by atoms with Gasteiger partial charge in [0.05, 0.1) is 16.3 Å². The van der Waals surface area contributed by atoms with Gasteiger partial charge in [-0.2, -0.15) is 10.2 Å². The van der Waals surface area contributed by atoms with E-state index in [0.29, 0.717) is 11.4 Å². The summed E-state index contributed by atoms with van der Waals surface area (Å²) in [5.41, 5.74) is 1.35. The topological polar surface area (TPSA) is 121 Å². The highest BCUT2D eigenvalue weighted by Gasteiger charge is 2.36. The zero-order chi connectivity index (χ0) is 25.4. The van der Waals surface area contributed by atoms with Gasteiger partial charge in [0.25, 0.3) is 11.6 Å². The van der Waals surface area contributed by atoms with Crippen LogP contribution in [0, 0.1) is 10.1 Å². The molecule has 0 aliphatic heterocycles. The monoisotopic (exact) mass is 550 g/mol. The third kappa shape index (κ3) is 7.86.